The molecule has 1 unspecified atom stereocenters. The van der Waals surface area contributed by atoms with E-state index in [1.165, 1.54) is 0 Å². The van der Waals surface area contributed by atoms with E-state index in [-0.39, 0.29) is 17.5 Å². The van der Waals surface area contributed by atoms with Crippen LogP contribution in [-0.4, -0.2) is 10.9 Å². The highest BCUT2D eigenvalue weighted by molar-refractivity contribution is 5.99. The van der Waals surface area contributed by atoms with Crippen molar-refractivity contribution in [2.24, 2.45) is 5.92 Å². The van der Waals surface area contributed by atoms with Crippen molar-refractivity contribution >= 4 is 5.78 Å². The summed E-state index contributed by atoms with van der Waals surface area (Å²) in [6, 6.07) is 0. The molecule has 0 aromatic rings. The fraction of sp³-hybridized carbons (Fsp3) is 0.625. The monoisotopic (exact) mass is 140 g/mol. The second-order valence-electron chi connectivity index (χ2n) is 2.75. The van der Waals surface area contributed by atoms with Gasteiger partial charge in [0.1, 0.15) is 0 Å². The summed E-state index contributed by atoms with van der Waals surface area (Å²) in [6.45, 7) is 3.65. The van der Waals surface area contributed by atoms with Gasteiger partial charge < -0.3 is 5.11 Å². The Bertz CT molecular complexity index is 191. The van der Waals surface area contributed by atoms with Crippen molar-refractivity contribution < 1.29 is 9.90 Å². The van der Waals surface area contributed by atoms with Crippen LogP contribution in [0.4, 0.5) is 0 Å². The van der Waals surface area contributed by atoms with Crippen LogP contribution in [-0.2, 0) is 4.79 Å². The summed E-state index contributed by atoms with van der Waals surface area (Å²) in [5.74, 6) is 0.469. The van der Waals surface area contributed by atoms with Gasteiger partial charge in [-0.15, -0.1) is 0 Å². The van der Waals surface area contributed by atoms with E-state index in [2.05, 4.69) is 0 Å². The van der Waals surface area contributed by atoms with Crippen molar-refractivity contribution in [1.82, 2.24) is 0 Å². The average molecular weight is 140 g/mol. The predicted molar refractivity (Wildman–Crippen MR) is 38.7 cm³/mol. The van der Waals surface area contributed by atoms with Crippen LogP contribution in [0.25, 0.3) is 0 Å². The molecule has 1 N–H and O–H groups in total. The second kappa shape index (κ2) is 2.45. The number of hydrogen-bond donors (Lipinski definition) is 1. The Balaban J connectivity index is 2.77. The Morgan fingerprint density at radius 1 is 1.70 bits per heavy atom. The van der Waals surface area contributed by atoms with Gasteiger partial charge in [0.15, 0.2) is 5.78 Å². The number of aliphatic hydroxyl groups is 1. The van der Waals surface area contributed by atoms with E-state index in [0.717, 1.165) is 6.42 Å². The molecule has 56 valence electrons. The van der Waals surface area contributed by atoms with Crippen molar-refractivity contribution in [2.45, 2.75) is 26.7 Å². The molecule has 10 heavy (non-hydrogen) atoms. The number of hydrogen-bond acceptors (Lipinski definition) is 2. The predicted octanol–water partition coefficient (Wildman–Crippen LogP) is 1.82. The lowest BCUT2D eigenvalue weighted by Crippen LogP contribution is -2.06. The van der Waals surface area contributed by atoms with Crippen LogP contribution in [0.3, 0.4) is 0 Å². The smallest absolute Gasteiger partial charge is 0.165 e. The zero-order valence-corrected chi connectivity index (χ0v) is 6.35. The molecule has 0 amide bonds. The van der Waals surface area contributed by atoms with Gasteiger partial charge in [-0.3, -0.25) is 4.79 Å². The van der Waals surface area contributed by atoms with Gasteiger partial charge in [-0.1, -0.05) is 6.92 Å². The summed E-state index contributed by atoms with van der Waals surface area (Å²) in [5, 5.41) is 9.13. The standard InChI is InChI=1S/C8H12O2/c1-3-6-4-7(9)5(2)8(6)10/h6,9H,3-4H2,1-2H3. The fourth-order valence-electron chi connectivity index (χ4n) is 1.26. The number of rotatable bonds is 1. The van der Waals surface area contributed by atoms with Gasteiger partial charge >= 0.3 is 0 Å². The van der Waals surface area contributed by atoms with E-state index in [1.807, 2.05) is 6.92 Å². The third kappa shape index (κ3) is 0.939. The third-order valence-corrected chi connectivity index (χ3v) is 2.11. The van der Waals surface area contributed by atoms with Crippen molar-refractivity contribution in [1.29, 1.82) is 0 Å². The largest absolute Gasteiger partial charge is 0.512 e. The number of aliphatic hydroxyl groups excluding tert-OH is 1. The van der Waals surface area contributed by atoms with Crippen molar-refractivity contribution in [3.8, 4) is 0 Å². The average Bonchev–Trinajstić information content (AvgIpc) is 2.17. The van der Waals surface area contributed by atoms with E-state index in [0.29, 0.717) is 12.0 Å². The first kappa shape index (κ1) is 7.32. The number of Topliss-reactive ketones (excluding diaryl/α,β-unsaturated/α-hetero) is 1. The van der Waals surface area contributed by atoms with Crippen molar-refractivity contribution in [2.75, 3.05) is 0 Å². The van der Waals surface area contributed by atoms with Crippen LogP contribution in [0.5, 0.6) is 0 Å². The molecule has 0 bridgehead atoms. The molecular weight excluding hydrogens is 128 g/mol. The molecule has 1 aliphatic carbocycles. The molecule has 0 spiro atoms. The van der Waals surface area contributed by atoms with Crippen LogP contribution in [0.2, 0.25) is 0 Å². The van der Waals surface area contributed by atoms with Crippen LogP contribution in [0.1, 0.15) is 26.7 Å². The highest BCUT2D eigenvalue weighted by Gasteiger charge is 2.28. The topological polar surface area (TPSA) is 37.3 Å². The number of carbonyl (C=O) groups is 1. The Morgan fingerprint density at radius 2 is 2.30 bits per heavy atom. The summed E-state index contributed by atoms with van der Waals surface area (Å²) < 4.78 is 0. The Morgan fingerprint density at radius 3 is 2.50 bits per heavy atom. The molecule has 0 aromatic heterocycles. The maximum atomic E-state index is 11.1. The molecular formula is C8H12O2. The van der Waals surface area contributed by atoms with Crippen LogP contribution in [0.15, 0.2) is 11.3 Å². The normalized spacial score (nSPS) is 26.2. The van der Waals surface area contributed by atoms with E-state index in [9.17, 15) is 4.79 Å². The Hall–Kier alpha value is -0.790. The molecule has 0 heterocycles. The van der Waals surface area contributed by atoms with Crippen molar-refractivity contribution in [3.63, 3.8) is 0 Å². The summed E-state index contributed by atoms with van der Waals surface area (Å²) in [4.78, 5) is 11.1. The summed E-state index contributed by atoms with van der Waals surface area (Å²) in [6.07, 6.45) is 1.39. The lowest BCUT2D eigenvalue weighted by atomic mass is 10.0. The SMILES string of the molecule is CCC1CC(O)=C(C)C1=O. The lowest BCUT2D eigenvalue weighted by Gasteiger charge is -2.00. The highest BCUT2D eigenvalue weighted by atomic mass is 16.3. The van der Waals surface area contributed by atoms with Crippen LogP contribution in [0, 0.1) is 5.92 Å². The minimum absolute atomic E-state index is 0.0556. The van der Waals surface area contributed by atoms with Crippen LogP contribution < -0.4 is 0 Å². The van der Waals surface area contributed by atoms with Gasteiger partial charge in [0.05, 0.1) is 5.76 Å². The quantitative estimate of drug-likeness (QED) is 0.603. The van der Waals surface area contributed by atoms with Crippen molar-refractivity contribution in [3.05, 3.63) is 11.3 Å². The van der Waals surface area contributed by atoms with Gasteiger partial charge in [0, 0.05) is 17.9 Å². The first-order valence-corrected chi connectivity index (χ1v) is 3.59. The molecule has 1 rings (SSSR count). The molecule has 0 aliphatic heterocycles. The van der Waals surface area contributed by atoms with Gasteiger partial charge in [0.2, 0.25) is 0 Å². The Labute approximate surface area is 60.6 Å². The van der Waals surface area contributed by atoms with Gasteiger partial charge in [0.25, 0.3) is 0 Å². The number of allylic oxidation sites excluding steroid dienone is 2. The first-order chi connectivity index (χ1) is 4.66. The number of carbonyl (C=O) groups excluding carboxylic acids is 1. The summed E-state index contributed by atoms with van der Waals surface area (Å²) in [5.41, 5.74) is 0.562. The molecule has 1 atom stereocenters. The molecule has 0 saturated carbocycles. The van der Waals surface area contributed by atoms with Gasteiger partial charge in [-0.2, -0.15) is 0 Å². The second-order valence-corrected chi connectivity index (χ2v) is 2.75. The summed E-state index contributed by atoms with van der Waals surface area (Å²) >= 11 is 0. The number of ketones is 1. The molecule has 2 heteroatoms. The van der Waals surface area contributed by atoms with Crippen LogP contribution >= 0.6 is 0 Å². The molecule has 2 nitrogen and oxygen atoms in total. The van der Waals surface area contributed by atoms with E-state index >= 15 is 0 Å². The van der Waals surface area contributed by atoms with E-state index in [1.54, 1.807) is 6.92 Å². The summed E-state index contributed by atoms with van der Waals surface area (Å²) in [7, 11) is 0. The zero-order chi connectivity index (χ0) is 7.72. The first-order valence-electron chi connectivity index (χ1n) is 3.59. The Kier molecular flexibility index (Phi) is 1.79. The molecule has 0 saturated heterocycles. The maximum Gasteiger partial charge on any atom is 0.165 e. The maximum absolute atomic E-state index is 11.1. The lowest BCUT2D eigenvalue weighted by molar-refractivity contribution is -0.118. The fourth-order valence-corrected chi connectivity index (χ4v) is 1.26. The van der Waals surface area contributed by atoms with Gasteiger partial charge in [-0.25, -0.2) is 0 Å². The molecule has 0 fully saturated rings. The minimum Gasteiger partial charge on any atom is -0.512 e. The minimum atomic E-state index is 0.0556. The van der Waals surface area contributed by atoms with Gasteiger partial charge in [-0.05, 0) is 13.3 Å². The molecule has 1 aliphatic rings. The third-order valence-electron chi connectivity index (χ3n) is 2.11. The molecule has 0 aromatic carbocycles. The van der Waals surface area contributed by atoms with E-state index in [4.69, 9.17) is 5.11 Å². The highest BCUT2D eigenvalue weighted by Crippen LogP contribution is 2.27. The van der Waals surface area contributed by atoms with E-state index < -0.39 is 0 Å². The zero-order valence-electron chi connectivity index (χ0n) is 6.35. The molecule has 0 radical (unpaired) electrons.